The van der Waals surface area contributed by atoms with E-state index in [9.17, 15) is 14.0 Å². The summed E-state index contributed by atoms with van der Waals surface area (Å²) >= 11 is 0. The van der Waals surface area contributed by atoms with Crippen molar-refractivity contribution in [2.75, 3.05) is 13.2 Å². The Morgan fingerprint density at radius 1 is 1.36 bits per heavy atom. The molecule has 0 aliphatic carbocycles. The number of halogens is 1. The first-order valence-corrected chi connectivity index (χ1v) is 6.73. The number of carboxylic acid groups (broad SMARTS) is 1. The van der Waals surface area contributed by atoms with Gasteiger partial charge >= 0.3 is 5.97 Å². The first-order valence-electron chi connectivity index (χ1n) is 6.73. The van der Waals surface area contributed by atoms with E-state index in [0.717, 1.165) is 0 Å². The molecule has 22 heavy (non-hydrogen) atoms. The Morgan fingerprint density at radius 2 is 2.05 bits per heavy atom. The number of hydrogen-bond acceptors (Lipinski definition) is 4. The van der Waals surface area contributed by atoms with E-state index in [1.807, 2.05) is 0 Å². The van der Waals surface area contributed by atoms with Gasteiger partial charge in [-0.1, -0.05) is 12.1 Å². The van der Waals surface area contributed by atoms with Crippen LogP contribution >= 0.6 is 0 Å². The second-order valence-corrected chi connectivity index (χ2v) is 4.71. The number of carbonyl (C=O) groups is 2. The summed E-state index contributed by atoms with van der Waals surface area (Å²) in [6, 6.07) is 4.22. The van der Waals surface area contributed by atoms with Crippen molar-refractivity contribution in [1.29, 1.82) is 0 Å². The molecule has 0 radical (unpaired) electrons. The highest BCUT2D eigenvalue weighted by molar-refractivity contribution is 5.96. The van der Waals surface area contributed by atoms with Crippen LogP contribution in [0.15, 0.2) is 23.9 Å². The first kappa shape index (κ1) is 16.1. The molecule has 118 valence electrons. The molecular weight excluding hydrogens is 293 g/mol. The van der Waals surface area contributed by atoms with Gasteiger partial charge in [-0.25, -0.2) is 9.18 Å². The molecule has 0 spiro atoms. The van der Waals surface area contributed by atoms with Gasteiger partial charge in [0.1, 0.15) is 11.5 Å². The van der Waals surface area contributed by atoms with E-state index in [1.54, 1.807) is 0 Å². The molecule has 1 amide bonds. The minimum absolute atomic E-state index is 0.117. The van der Waals surface area contributed by atoms with Gasteiger partial charge in [-0.2, -0.15) is 0 Å². The summed E-state index contributed by atoms with van der Waals surface area (Å²) in [7, 11) is 0. The van der Waals surface area contributed by atoms with Crippen molar-refractivity contribution in [2.45, 2.75) is 19.6 Å². The maximum Gasteiger partial charge on any atom is 0.352 e. The Kier molecular flexibility index (Phi) is 5.24. The lowest BCUT2D eigenvalue weighted by atomic mass is 10.0. The first-order chi connectivity index (χ1) is 10.5. The van der Waals surface area contributed by atoms with Gasteiger partial charge in [-0.3, -0.25) is 4.79 Å². The lowest BCUT2D eigenvalue weighted by Gasteiger charge is -2.25. The number of carboxylic acids is 1. The molecule has 2 N–H and O–H groups in total. The van der Waals surface area contributed by atoms with Crippen LogP contribution in [-0.2, 0) is 19.1 Å². The highest BCUT2D eigenvalue weighted by Gasteiger charge is 2.23. The number of hydrogen-bond donors (Lipinski definition) is 2. The van der Waals surface area contributed by atoms with E-state index in [0.29, 0.717) is 19.6 Å². The molecule has 6 nitrogen and oxygen atoms in total. The SMILES string of the molecule is CC(=O)NC(=Cc1cccc(F)c1C1OCCCO1)C(=O)O. The van der Waals surface area contributed by atoms with Crippen LogP contribution in [0.5, 0.6) is 0 Å². The summed E-state index contributed by atoms with van der Waals surface area (Å²) in [4.78, 5) is 22.2. The van der Waals surface area contributed by atoms with Crippen molar-refractivity contribution in [2.24, 2.45) is 0 Å². The molecule has 0 saturated carbocycles. The number of aliphatic carboxylic acids is 1. The third kappa shape index (κ3) is 3.90. The van der Waals surface area contributed by atoms with Crippen molar-refractivity contribution in [3.63, 3.8) is 0 Å². The predicted octanol–water partition coefficient (Wildman–Crippen LogP) is 1.82. The van der Waals surface area contributed by atoms with Gasteiger partial charge in [-0.05, 0) is 24.1 Å². The smallest absolute Gasteiger partial charge is 0.352 e. The van der Waals surface area contributed by atoms with Gasteiger partial charge < -0.3 is 19.9 Å². The van der Waals surface area contributed by atoms with Crippen LogP contribution in [0.3, 0.4) is 0 Å². The fourth-order valence-corrected chi connectivity index (χ4v) is 2.08. The fraction of sp³-hybridized carbons (Fsp3) is 0.333. The standard InChI is InChI=1S/C15H16FNO5/c1-9(18)17-12(14(19)20)8-10-4-2-5-11(16)13(10)15-21-6-3-7-22-15/h2,4-5,8,15H,3,6-7H2,1H3,(H,17,18)(H,19,20). The minimum Gasteiger partial charge on any atom is -0.477 e. The lowest BCUT2D eigenvalue weighted by molar-refractivity contribution is -0.184. The van der Waals surface area contributed by atoms with E-state index in [-0.39, 0.29) is 16.8 Å². The second kappa shape index (κ2) is 7.15. The molecule has 1 heterocycles. The number of carbonyl (C=O) groups excluding carboxylic acids is 1. The van der Waals surface area contributed by atoms with Crippen LogP contribution < -0.4 is 5.32 Å². The fourth-order valence-electron chi connectivity index (χ4n) is 2.08. The Balaban J connectivity index is 2.43. The van der Waals surface area contributed by atoms with Gasteiger partial charge in [0.2, 0.25) is 5.91 Å². The highest BCUT2D eigenvalue weighted by Crippen LogP contribution is 2.29. The van der Waals surface area contributed by atoms with Crippen LogP contribution in [0.25, 0.3) is 6.08 Å². The van der Waals surface area contributed by atoms with E-state index in [1.165, 1.54) is 31.2 Å². The van der Waals surface area contributed by atoms with Crippen molar-refractivity contribution in [3.8, 4) is 0 Å². The van der Waals surface area contributed by atoms with E-state index < -0.39 is 24.0 Å². The zero-order valence-electron chi connectivity index (χ0n) is 12.0. The average Bonchev–Trinajstić information content (AvgIpc) is 2.47. The maximum atomic E-state index is 14.1. The maximum absolute atomic E-state index is 14.1. The van der Waals surface area contributed by atoms with Crippen LogP contribution in [0.4, 0.5) is 4.39 Å². The molecule has 1 aliphatic heterocycles. The zero-order valence-corrected chi connectivity index (χ0v) is 12.0. The van der Waals surface area contributed by atoms with Crippen molar-refractivity contribution in [3.05, 3.63) is 40.8 Å². The molecule has 0 aromatic heterocycles. The molecule has 1 fully saturated rings. The zero-order chi connectivity index (χ0) is 16.1. The van der Waals surface area contributed by atoms with Crippen molar-refractivity contribution in [1.82, 2.24) is 5.32 Å². The number of nitrogens with one attached hydrogen (secondary N) is 1. The summed E-state index contributed by atoms with van der Waals surface area (Å²) in [6.45, 7) is 2.05. The number of amides is 1. The molecule has 1 saturated heterocycles. The van der Waals surface area contributed by atoms with Gasteiger partial charge in [0.25, 0.3) is 0 Å². The third-order valence-corrected chi connectivity index (χ3v) is 2.99. The van der Waals surface area contributed by atoms with Crippen LogP contribution in [0, 0.1) is 5.82 Å². The Labute approximate surface area is 126 Å². The summed E-state index contributed by atoms with van der Waals surface area (Å²) in [5.41, 5.74) is 0.0412. The second-order valence-electron chi connectivity index (χ2n) is 4.71. The van der Waals surface area contributed by atoms with Crippen molar-refractivity contribution < 1.29 is 28.6 Å². The van der Waals surface area contributed by atoms with E-state index >= 15 is 0 Å². The largest absolute Gasteiger partial charge is 0.477 e. The predicted molar refractivity (Wildman–Crippen MR) is 75.1 cm³/mol. The molecule has 0 atom stereocenters. The van der Waals surface area contributed by atoms with Crippen LogP contribution in [-0.4, -0.2) is 30.2 Å². The van der Waals surface area contributed by atoms with E-state index in [4.69, 9.17) is 14.6 Å². The monoisotopic (exact) mass is 309 g/mol. The van der Waals surface area contributed by atoms with Gasteiger partial charge in [0.15, 0.2) is 6.29 Å². The molecule has 1 aliphatic rings. The average molecular weight is 309 g/mol. The van der Waals surface area contributed by atoms with Crippen molar-refractivity contribution >= 4 is 18.0 Å². The molecule has 7 heteroatoms. The topological polar surface area (TPSA) is 84.9 Å². The molecule has 0 bridgehead atoms. The summed E-state index contributed by atoms with van der Waals surface area (Å²) < 4.78 is 24.9. The highest BCUT2D eigenvalue weighted by atomic mass is 19.1. The lowest BCUT2D eigenvalue weighted by Crippen LogP contribution is -2.25. The van der Waals surface area contributed by atoms with Gasteiger partial charge in [0.05, 0.1) is 18.8 Å². The van der Waals surface area contributed by atoms with Gasteiger partial charge in [-0.15, -0.1) is 0 Å². The normalized spacial score (nSPS) is 16.4. The number of ether oxygens (including phenoxy) is 2. The van der Waals surface area contributed by atoms with Crippen LogP contribution in [0.2, 0.25) is 0 Å². The summed E-state index contributed by atoms with van der Waals surface area (Å²) in [6.07, 6.45) is 1.000. The molecule has 2 rings (SSSR count). The summed E-state index contributed by atoms with van der Waals surface area (Å²) in [5.74, 6) is -2.42. The van der Waals surface area contributed by atoms with Crippen LogP contribution in [0.1, 0.15) is 30.8 Å². The molecule has 0 unspecified atom stereocenters. The molecule has 1 aromatic carbocycles. The minimum atomic E-state index is -1.32. The van der Waals surface area contributed by atoms with E-state index in [2.05, 4.69) is 5.32 Å². The Morgan fingerprint density at radius 3 is 2.64 bits per heavy atom. The number of rotatable bonds is 4. The Bertz CT molecular complexity index is 608. The quantitative estimate of drug-likeness (QED) is 0.829. The van der Waals surface area contributed by atoms with Gasteiger partial charge in [0, 0.05) is 6.92 Å². The summed E-state index contributed by atoms with van der Waals surface area (Å²) in [5, 5.41) is 11.3. The molecular formula is C15H16FNO5. The third-order valence-electron chi connectivity index (χ3n) is 2.99. The number of benzene rings is 1. The Hall–Kier alpha value is -2.25. The molecule has 1 aromatic rings.